The average molecular weight is 262 g/mol. The smallest absolute Gasteiger partial charge is 0.0723 e. The Kier molecular flexibility index (Phi) is 4.83. The third-order valence-electron chi connectivity index (χ3n) is 3.59. The third-order valence-corrected chi connectivity index (χ3v) is 3.59. The van der Waals surface area contributed by atoms with E-state index < -0.39 is 0 Å². The van der Waals surface area contributed by atoms with E-state index in [1.165, 1.54) is 11.3 Å². The number of anilines is 1. The number of morpholine rings is 1. The van der Waals surface area contributed by atoms with Gasteiger partial charge in [0.15, 0.2) is 0 Å². The van der Waals surface area contributed by atoms with E-state index in [0.717, 1.165) is 19.7 Å². The van der Waals surface area contributed by atoms with Crippen LogP contribution in [0.5, 0.6) is 0 Å². The van der Waals surface area contributed by atoms with Crippen molar-refractivity contribution < 1.29 is 4.74 Å². The molecule has 0 saturated carbocycles. The van der Waals surface area contributed by atoms with Crippen molar-refractivity contribution in [2.45, 2.75) is 52.4 Å². The van der Waals surface area contributed by atoms with Crippen LogP contribution in [0.3, 0.4) is 0 Å². The number of benzene rings is 1. The second-order valence-electron chi connectivity index (χ2n) is 5.85. The number of hydrogen-bond acceptors (Lipinski definition) is 3. The predicted molar refractivity (Wildman–Crippen MR) is 80.6 cm³/mol. The first kappa shape index (κ1) is 14.4. The Balaban J connectivity index is 2.00. The van der Waals surface area contributed by atoms with E-state index >= 15 is 0 Å². The van der Waals surface area contributed by atoms with Crippen molar-refractivity contribution >= 4 is 5.69 Å². The number of nitrogens with zero attached hydrogens (tertiary/aromatic N) is 1. The lowest BCUT2D eigenvalue weighted by atomic mass is 10.1. The summed E-state index contributed by atoms with van der Waals surface area (Å²) in [5.41, 5.74) is 2.64. The molecular weight excluding hydrogens is 236 g/mol. The molecule has 0 aliphatic carbocycles. The van der Waals surface area contributed by atoms with E-state index in [1.54, 1.807) is 0 Å². The fourth-order valence-electron chi connectivity index (χ4n) is 2.39. The van der Waals surface area contributed by atoms with E-state index in [2.05, 4.69) is 62.2 Å². The maximum absolute atomic E-state index is 5.68. The molecule has 1 heterocycles. The van der Waals surface area contributed by atoms with Crippen LogP contribution in [-0.4, -0.2) is 31.3 Å². The zero-order valence-electron chi connectivity index (χ0n) is 12.5. The van der Waals surface area contributed by atoms with Crippen molar-refractivity contribution in [1.29, 1.82) is 0 Å². The Morgan fingerprint density at radius 3 is 2.58 bits per heavy atom. The Morgan fingerprint density at radius 2 is 1.95 bits per heavy atom. The van der Waals surface area contributed by atoms with Crippen LogP contribution in [0.4, 0.5) is 5.69 Å². The van der Waals surface area contributed by atoms with Gasteiger partial charge in [-0.15, -0.1) is 0 Å². The molecule has 1 aromatic rings. The lowest BCUT2D eigenvalue weighted by Crippen LogP contribution is -2.47. The molecule has 19 heavy (non-hydrogen) atoms. The molecule has 1 aromatic carbocycles. The number of rotatable bonds is 4. The molecule has 1 aliphatic rings. The van der Waals surface area contributed by atoms with E-state index in [1.807, 2.05) is 0 Å². The number of hydrogen-bond donors (Lipinski definition) is 1. The van der Waals surface area contributed by atoms with Gasteiger partial charge in [-0.1, -0.05) is 26.0 Å². The van der Waals surface area contributed by atoms with Gasteiger partial charge in [-0.05, 0) is 31.5 Å². The van der Waals surface area contributed by atoms with Crippen LogP contribution in [0.15, 0.2) is 24.3 Å². The van der Waals surface area contributed by atoms with Crippen LogP contribution in [0.1, 0.15) is 33.3 Å². The minimum Gasteiger partial charge on any atom is -0.375 e. The monoisotopic (exact) mass is 262 g/mol. The number of ether oxygens (including phenoxy) is 1. The van der Waals surface area contributed by atoms with Gasteiger partial charge in [-0.3, -0.25) is 0 Å². The molecule has 1 aliphatic heterocycles. The van der Waals surface area contributed by atoms with Crippen molar-refractivity contribution in [2.24, 2.45) is 0 Å². The van der Waals surface area contributed by atoms with Crippen molar-refractivity contribution in [1.82, 2.24) is 5.32 Å². The van der Waals surface area contributed by atoms with Gasteiger partial charge in [0.05, 0.1) is 12.7 Å². The van der Waals surface area contributed by atoms with Gasteiger partial charge in [0, 0.05) is 30.9 Å². The van der Waals surface area contributed by atoms with Crippen LogP contribution >= 0.6 is 0 Å². The molecule has 0 radical (unpaired) electrons. The Hall–Kier alpha value is -1.06. The highest BCUT2D eigenvalue weighted by molar-refractivity contribution is 5.49. The first-order chi connectivity index (χ1) is 9.06. The highest BCUT2D eigenvalue weighted by atomic mass is 16.5. The first-order valence-corrected chi connectivity index (χ1v) is 7.27. The van der Waals surface area contributed by atoms with E-state index in [9.17, 15) is 0 Å². The SMILES string of the molecule is CC(C)NCc1ccc(N2CC(C)OCC2C)cc1. The minimum atomic E-state index is 0.318. The molecule has 0 aromatic heterocycles. The third kappa shape index (κ3) is 3.95. The van der Waals surface area contributed by atoms with E-state index in [4.69, 9.17) is 4.74 Å². The molecule has 2 atom stereocenters. The van der Waals surface area contributed by atoms with Crippen molar-refractivity contribution in [3.8, 4) is 0 Å². The second-order valence-corrected chi connectivity index (χ2v) is 5.85. The zero-order valence-corrected chi connectivity index (χ0v) is 12.5. The van der Waals surface area contributed by atoms with Crippen LogP contribution in [0.25, 0.3) is 0 Å². The molecule has 106 valence electrons. The molecule has 1 fully saturated rings. The topological polar surface area (TPSA) is 24.5 Å². The van der Waals surface area contributed by atoms with Gasteiger partial charge < -0.3 is 15.0 Å². The molecule has 0 amide bonds. The summed E-state index contributed by atoms with van der Waals surface area (Å²) in [5.74, 6) is 0. The first-order valence-electron chi connectivity index (χ1n) is 7.27. The molecule has 2 unspecified atom stereocenters. The molecule has 0 bridgehead atoms. The van der Waals surface area contributed by atoms with Crippen LogP contribution < -0.4 is 10.2 Å². The summed E-state index contributed by atoms with van der Waals surface area (Å²) < 4.78 is 5.68. The maximum atomic E-state index is 5.68. The summed E-state index contributed by atoms with van der Waals surface area (Å²) >= 11 is 0. The molecule has 0 spiro atoms. The maximum Gasteiger partial charge on any atom is 0.0723 e. The Bertz CT molecular complexity index is 388. The Labute approximate surface area is 116 Å². The fraction of sp³-hybridized carbons (Fsp3) is 0.625. The van der Waals surface area contributed by atoms with Gasteiger partial charge in [-0.25, -0.2) is 0 Å². The molecule has 3 heteroatoms. The van der Waals surface area contributed by atoms with Crippen LogP contribution in [0.2, 0.25) is 0 Å². The summed E-state index contributed by atoms with van der Waals surface area (Å²) in [6.07, 6.45) is 0.318. The van der Waals surface area contributed by atoms with Gasteiger partial charge >= 0.3 is 0 Å². The average Bonchev–Trinajstić information content (AvgIpc) is 2.40. The zero-order chi connectivity index (χ0) is 13.8. The summed E-state index contributed by atoms with van der Waals surface area (Å²) in [5, 5.41) is 3.44. The summed E-state index contributed by atoms with van der Waals surface area (Å²) in [7, 11) is 0. The second kappa shape index (κ2) is 6.40. The molecule has 3 nitrogen and oxygen atoms in total. The highest BCUT2D eigenvalue weighted by Crippen LogP contribution is 2.22. The lowest BCUT2D eigenvalue weighted by Gasteiger charge is -2.38. The lowest BCUT2D eigenvalue weighted by molar-refractivity contribution is 0.0344. The Morgan fingerprint density at radius 1 is 1.26 bits per heavy atom. The fourth-order valence-corrected chi connectivity index (χ4v) is 2.39. The normalized spacial score (nSPS) is 23.9. The van der Waals surface area contributed by atoms with Crippen molar-refractivity contribution in [2.75, 3.05) is 18.1 Å². The quantitative estimate of drug-likeness (QED) is 0.903. The van der Waals surface area contributed by atoms with Gasteiger partial charge in [-0.2, -0.15) is 0 Å². The van der Waals surface area contributed by atoms with Crippen LogP contribution in [0, 0.1) is 0 Å². The largest absolute Gasteiger partial charge is 0.375 e. The van der Waals surface area contributed by atoms with E-state index in [-0.39, 0.29) is 0 Å². The summed E-state index contributed by atoms with van der Waals surface area (Å²) in [6, 6.07) is 9.88. The van der Waals surface area contributed by atoms with Gasteiger partial charge in [0.25, 0.3) is 0 Å². The summed E-state index contributed by atoms with van der Waals surface area (Å²) in [4.78, 5) is 2.44. The molecular formula is C16H26N2O. The van der Waals surface area contributed by atoms with Gasteiger partial charge in [0.1, 0.15) is 0 Å². The standard InChI is InChI=1S/C16H26N2O/c1-12(2)17-9-15-5-7-16(8-6-15)18-10-14(4)19-11-13(18)3/h5-8,12-14,17H,9-11H2,1-4H3. The van der Waals surface area contributed by atoms with Crippen molar-refractivity contribution in [3.63, 3.8) is 0 Å². The predicted octanol–water partition coefficient (Wildman–Crippen LogP) is 2.80. The molecule has 1 N–H and O–H groups in total. The molecule has 1 saturated heterocycles. The molecule has 2 rings (SSSR count). The van der Waals surface area contributed by atoms with Crippen molar-refractivity contribution in [3.05, 3.63) is 29.8 Å². The van der Waals surface area contributed by atoms with Crippen LogP contribution in [-0.2, 0) is 11.3 Å². The highest BCUT2D eigenvalue weighted by Gasteiger charge is 2.23. The van der Waals surface area contributed by atoms with E-state index in [0.29, 0.717) is 18.2 Å². The minimum absolute atomic E-state index is 0.318. The summed E-state index contributed by atoms with van der Waals surface area (Å²) in [6.45, 7) is 11.4. The number of nitrogens with one attached hydrogen (secondary N) is 1. The van der Waals surface area contributed by atoms with Gasteiger partial charge in [0.2, 0.25) is 0 Å².